The van der Waals surface area contributed by atoms with Gasteiger partial charge in [0, 0.05) is 0 Å². The van der Waals surface area contributed by atoms with Crippen molar-refractivity contribution in [3.05, 3.63) is 11.7 Å². The highest BCUT2D eigenvalue weighted by Gasteiger charge is 2.34. The number of thioether (sulfide) groups is 1. The number of ether oxygens (including phenoxy) is 1. The lowest BCUT2D eigenvalue weighted by atomic mass is 10.2. The number of nitrogens with zero attached hydrogens (tertiary/aromatic N) is 2. The smallest absolute Gasteiger partial charge is 0.332 e. The standard InChI is InChI=1S/C10H14N2O4S/c1-2-17-5-8-11-9(16-12-8)6-3-4-7(15-6)10(13)14/h6-7H,2-5H2,1H3,(H,13,14). The van der Waals surface area contributed by atoms with Gasteiger partial charge in [-0.25, -0.2) is 4.79 Å². The molecule has 2 atom stereocenters. The molecule has 7 heteroatoms. The second-order valence-electron chi connectivity index (χ2n) is 3.71. The van der Waals surface area contributed by atoms with Crippen LogP contribution in [0.15, 0.2) is 4.52 Å². The minimum Gasteiger partial charge on any atom is -0.479 e. The van der Waals surface area contributed by atoms with Crippen molar-refractivity contribution in [3.8, 4) is 0 Å². The minimum atomic E-state index is -0.936. The van der Waals surface area contributed by atoms with Crippen molar-refractivity contribution >= 4 is 17.7 Å². The van der Waals surface area contributed by atoms with E-state index in [1.54, 1.807) is 11.8 Å². The number of rotatable bonds is 5. The summed E-state index contributed by atoms with van der Waals surface area (Å²) in [5.74, 6) is 1.78. The summed E-state index contributed by atoms with van der Waals surface area (Å²) in [6, 6.07) is 0. The predicted octanol–water partition coefficient (Wildman–Crippen LogP) is 1.63. The fourth-order valence-electron chi connectivity index (χ4n) is 1.65. The van der Waals surface area contributed by atoms with Gasteiger partial charge in [-0.2, -0.15) is 16.7 Å². The SMILES string of the molecule is CCSCc1noc(C2CCC(C(=O)O)O2)n1. The quantitative estimate of drug-likeness (QED) is 0.858. The molecule has 0 bridgehead atoms. The Morgan fingerprint density at radius 1 is 1.59 bits per heavy atom. The van der Waals surface area contributed by atoms with E-state index in [-0.39, 0.29) is 6.10 Å². The largest absolute Gasteiger partial charge is 0.479 e. The van der Waals surface area contributed by atoms with Crippen LogP contribution in [-0.4, -0.2) is 33.1 Å². The molecular formula is C10H14N2O4S. The van der Waals surface area contributed by atoms with Gasteiger partial charge in [0.1, 0.15) is 6.10 Å². The maximum atomic E-state index is 10.7. The van der Waals surface area contributed by atoms with Gasteiger partial charge < -0.3 is 14.4 Å². The molecule has 1 aliphatic rings. The Kier molecular flexibility index (Phi) is 4.01. The van der Waals surface area contributed by atoms with Crippen LogP contribution in [0.2, 0.25) is 0 Å². The minimum absolute atomic E-state index is 0.371. The van der Waals surface area contributed by atoms with Crippen LogP contribution in [0.5, 0.6) is 0 Å². The molecule has 0 radical (unpaired) electrons. The number of aliphatic carboxylic acids is 1. The van der Waals surface area contributed by atoms with Crippen molar-refractivity contribution in [3.63, 3.8) is 0 Å². The van der Waals surface area contributed by atoms with Crippen molar-refractivity contribution in [1.82, 2.24) is 10.1 Å². The van der Waals surface area contributed by atoms with Crippen molar-refractivity contribution in [1.29, 1.82) is 0 Å². The van der Waals surface area contributed by atoms with Crippen LogP contribution in [0.25, 0.3) is 0 Å². The Bertz CT molecular complexity index is 395. The number of aromatic nitrogens is 2. The van der Waals surface area contributed by atoms with Crippen LogP contribution in [0, 0.1) is 0 Å². The van der Waals surface area contributed by atoms with Gasteiger partial charge in [0.15, 0.2) is 11.9 Å². The molecular weight excluding hydrogens is 244 g/mol. The molecule has 17 heavy (non-hydrogen) atoms. The molecule has 2 unspecified atom stereocenters. The fraction of sp³-hybridized carbons (Fsp3) is 0.700. The topological polar surface area (TPSA) is 85.5 Å². The van der Waals surface area contributed by atoms with E-state index in [1.807, 2.05) is 0 Å². The average Bonchev–Trinajstić information content (AvgIpc) is 2.94. The first kappa shape index (κ1) is 12.4. The molecule has 1 saturated heterocycles. The normalized spacial score (nSPS) is 24.1. The van der Waals surface area contributed by atoms with Crippen LogP contribution in [0.3, 0.4) is 0 Å². The highest BCUT2D eigenvalue weighted by Crippen LogP contribution is 2.31. The first-order valence-corrected chi connectivity index (χ1v) is 6.64. The van der Waals surface area contributed by atoms with Gasteiger partial charge in [0.2, 0.25) is 0 Å². The second kappa shape index (κ2) is 5.50. The molecule has 1 aliphatic heterocycles. The molecule has 0 amide bonds. The molecule has 0 spiro atoms. The summed E-state index contributed by atoms with van der Waals surface area (Å²) in [5.41, 5.74) is 0. The van der Waals surface area contributed by atoms with Gasteiger partial charge in [-0.1, -0.05) is 12.1 Å². The zero-order valence-corrected chi connectivity index (χ0v) is 10.3. The maximum Gasteiger partial charge on any atom is 0.332 e. The number of hydrogen-bond donors (Lipinski definition) is 1. The molecule has 1 N–H and O–H groups in total. The molecule has 0 aliphatic carbocycles. The molecule has 1 fully saturated rings. The van der Waals surface area contributed by atoms with E-state index in [0.29, 0.717) is 30.3 Å². The summed E-state index contributed by atoms with van der Waals surface area (Å²) in [7, 11) is 0. The van der Waals surface area contributed by atoms with Crippen LogP contribution in [0.1, 0.15) is 37.6 Å². The maximum absolute atomic E-state index is 10.7. The van der Waals surface area contributed by atoms with E-state index in [1.165, 1.54) is 0 Å². The fourth-order valence-corrected chi connectivity index (χ4v) is 2.15. The van der Waals surface area contributed by atoms with E-state index in [2.05, 4.69) is 17.1 Å². The van der Waals surface area contributed by atoms with Gasteiger partial charge in [0.25, 0.3) is 5.89 Å². The average molecular weight is 258 g/mol. The third kappa shape index (κ3) is 2.98. The van der Waals surface area contributed by atoms with Gasteiger partial charge >= 0.3 is 5.97 Å². The molecule has 1 aromatic rings. The summed E-state index contributed by atoms with van der Waals surface area (Å²) in [6.45, 7) is 2.06. The highest BCUT2D eigenvalue weighted by atomic mass is 32.2. The Morgan fingerprint density at radius 3 is 3.06 bits per heavy atom. The number of hydrogen-bond acceptors (Lipinski definition) is 6. The molecule has 2 rings (SSSR count). The second-order valence-corrected chi connectivity index (χ2v) is 4.99. The lowest BCUT2D eigenvalue weighted by Crippen LogP contribution is -2.18. The summed E-state index contributed by atoms with van der Waals surface area (Å²) in [5, 5.41) is 12.6. The Balaban J connectivity index is 1.94. The van der Waals surface area contributed by atoms with Crippen LogP contribution in [-0.2, 0) is 15.3 Å². The molecule has 2 heterocycles. The third-order valence-electron chi connectivity index (χ3n) is 2.49. The van der Waals surface area contributed by atoms with E-state index < -0.39 is 12.1 Å². The molecule has 94 valence electrons. The lowest BCUT2D eigenvalue weighted by molar-refractivity contribution is -0.150. The van der Waals surface area contributed by atoms with Crippen LogP contribution >= 0.6 is 11.8 Å². The summed E-state index contributed by atoms with van der Waals surface area (Å²) in [4.78, 5) is 14.9. The monoisotopic (exact) mass is 258 g/mol. The summed E-state index contributed by atoms with van der Waals surface area (Å²) in [6.07, 6.45) is -0.0228. The van der Waals surface area contributed by atoms with Gasteiger partial charge in [-0.05, 0) is 18.6 Å². The Labute approximate surface area is 103 Å². The van der Waals surface area contributed by atoms with Crippen molar-refractivity contribution in [2.75, 3.05) is 5.75 Å². The summed E-state index contributed by atoms with van der Waals surface area (Å²) >= 11 is 1.70. The van der Waals surface area contributed by atoms with E-state index in [0.717, 1.165) is 5.75 Å². The van der Waals surface area contributed by atoms with E-state index in [4.69, 9.17) is 14.4 Å². The molecule has 6 nitrogen and oxygen atoms in total. The summed E-state index contributed by atoms with van der Waals surface area (Å²) < 4.78 is 10.4. The van der Waals surface area contributed by atoms with Crippen molar-refractivity contribution < 1.29 is 19.2 Å². The molecule has 0 saturated carbocycles. The van der Waals surface area contributed by atoms with Crippen LogP contribution < -0.4 is 0 Å². The first-order valence-electron chi connectivity index (χ1n) is 5.49. The van der Waals surface area contributed by atoms with Gasteiger partial charge in [0.05, 0.1) is 5.75 Å². The first-order chi connectivity index (χ1) is 8.20. The third-order valence-corrected chi connectivity index (χ3v) is 3.36. The van der Waals surface area contributed by atoms with Gasteiger partial charge in [-0.15, -0.1) is 0 Å². The zero-order chi connectivity index (χ0) is 12.3. The number of carboxylic acids is 1. The van der Waals surface area contributed by atoms with E-state index >= 15 is 0 Å². The van der Waals surface area contributed by atoms with Crippen molar-refractivity contribution in [2.45, 2.75) is 37.7 Å². The zero-order valence-electron chi connectivity index (χ0n) is 9.46. The lowest BCUT2D eigenvalue weighted by Gasteiger charge is -2.05. The number of carbonyl (C=O) groups is 1. The number of carboxylic acid groups (broad SMARTS) is 1. The van der Waals surface area contributed by atoms with Crippen molar-refractivity contribution in [2.24, 2.45) is 0 Å². The Morgan fingerprint density at radius 2 is 2.41 bits per heavy atom. The van der Waals surface area contributed by atoms with Crippen LogP contribution in [0.4, 0.5) is 0 Å². The predicted molar refractivity (Wildman–Crippen MR) is 60.6 cm³/mol. The molecule has 0 aromatic carbocycles. The highest BCUT2D eigenvalue weighted by molar-refractivity contribution is 7.98. The van der Waals surface area contributed by atoms with Gasteiger partial charge in [-0.3, -0.25) is 0 Å². The Hall–Kier alpha value is -1.08. The van der Waals surface area contributed by atoms with E-state index in [9.17, 15) is 4.79 Å². The molecule has 1 aromatic heterocycles.